The summed E-state index contributed by atoms with van der Waals surface area (Å²) in [5.41, 5.74) is 0.528. The van der Waals surface area contributed by atoms with Crippen LogP contribution in [0.2, 0.25) is 0 Å². The molecule has 0 aliphatic carbocycles. The molecule has 0 spiro atoms. The number of furan rings is 1. The second-order valence-corrected chi connectivity index (χ2v) is 6.96. The standard InChI is InChI=1S/C21H16BrN3O5/c22-18-9-2-1-8-17(18)20(26)24-19(21(27)23-13-16-7-4-10-30-16)12-14-5-3-6-15(11-14)25(28)29/h1-12H,13H2,(H,23,27)(H,24,26). The lowest BCUT2D eigenvalue weighted by Gasteiger charge is -2.11. The van der Waals surface area contributed by atoms with Crippen molar-refractivity contribution < 1.29 is 18.9 Å². The normalized spacial score (nSPS) is 11.0. The van der Waals surface area contributed by atoms with Crippen LogP contribution in [-0.4, -0.2) is 16.7 Å². The topological polar surface area (TPSA) is 114 Å². The molecule has 0 atom stereocenters. The molecule has 2 N–H and O–H groups in total. The van der Waals surface area contributed by atoms with Crippen molar-refractivity contribution >= 4 is 39.5 Å². The van der Waals surface area contributed by atoms with Gasteiger partial charge < -0.3 is 15.1 Å². The number of carbonyl (C=O) groups excluding carboxylic acids is 2. The summed E-state index contributed by atoms with van der Waals surface area (Å²) in [4.78, 5) is 35.9. The van der Waals surface area contributed by atoms with Gasteiger partial charge in [0.05, 0.1) is 23.3 Å². The molecule has 2 aromatic carbocycles. The summed E-state index contributed by atoms with van der Waals surface area (Å²) in [5.74, 6) is -0.541. The average molecular weight is 470 g/mol. The summed E-state index contributed by atoms with van der Waals surface area (Å²) < 4.78 is 5.75. The lowest BCUT2D eigenvalue weighted by Crippen LogP contribution is -2.34. The zero-order chi connectivity index (χ0) is 21.5. The predicted molar refractivity (Wildman–Crippen MR) is 113 cm³/mol. The van der Waals surface area contributed by atoms with Crippen molar-refractivity contribution in [3.63, 3.8) is 0 Å². The maximum Gasteiger partial charge on any atom is 0.270 e. The molecule has 2 amide bonds. The molecule has 0 radical (unpaired) electrons. The molecule has 30 heavy (non-hydrogen) atoms. The van der Waals surface area contributed by atoms with Crippen LogP contribution >= 0.6 is 15.9 Å². The van der Waals surface area contributed by atoms with Gasteiger partial charge in [0, 0.05) is 16.6 Å². The molecule has 3 aromatic rings. The smallest absolute Gasteiger partial charge is 0.270 e. The molecule has 0 fully saturated rings. The first-order valence-corrected chi connectivity index (χ1v) is 9.56. The van der Waals surface area contributed by atoms with Crippen molar-refractivity contribution in [3.05, 3.63) is 104 Å². The van der Waals surface area contributed by atoms with Crippen LogP contribution in [0.1, 0.15) is 21.7 Å². The van der Waals surface area contributed by atoms with Gasteiger partial charge in [0.15, 0.2) is 0 Å². The fraction of sp³-hybridized carbons (Fsp3) is 0.0476. The molecule has 152 valence electrons. The third-order valence-electron chi connectivity index (χ3n) is 4.01. The minimum atomic E-state index is -0.571. The Morgan fingerprint density at radius 2 is 1.90 bits per heavy atom. The SMILES string of the molecule is O=C(NCc1ccco1)C(=Cc1cccc([N+](=O)[O-])c1)NC(=O)c1ccccc1Br. The van der Waals surface area contributed by atoms with E-state index in [0.29, 0.717) is 21.4 Å². The molecule has 0 unspecified atom stereocenters. The molecular formula is C21H16BrN3O5. The minimum absolute atomic E-state index is 0.0668. The first-order valence-electron chi connectivity index (χ1n) is 8.76. The number of hydrogen-bond acceptors (Lipinski definition) is 5. The Balaban J connectivity index is 1.88. The number of nitro groups is 1. The molecule has 8 nitrogen and oxygen atoms in total. The van der Waals surface area contributed by atoms with E-state index < -0.39 is 16.7 Å². The van der Waals surface area contributed by atoms with Gasteiger partial charge in [0.2, 0.25) is 0 Å². The highest BCUT2D eigenvalue weighted by atomic mass is 79.9. The highest BCUT2D eigenvalue weighted by Crippen LogP contribution is 2.18. The zero-order valence-electron chi connectivity index (χ0n) is 15.5. The molecule has 0 aliphatic heterocycles. The predicted octanol–water partition coefficient (Wildman–Crippen LogP) is 4.04. The van der Waals surface area contributed by atoms with E-state index in [1.165, 1.54) is 30.5 Å². The van der Waals surface area contributed by atoms with E-state index in [9.17, 15) is 19.7 Å². The molecule has 0 saturated carbocycles. The van der Waals surface area contributed by atoms with Gasteiger partial charge in [-0.1, -0.05) is 24.3 Å². The number of carbonyl (C=O) groups is 2. The summed E-state index contributed by atoms with van der Waals surface area (Å²) in [6, 6.07) is 15.9. The molecule has 0 aliphatic rings. The number of nitrogens with one attached hydrogen (secondary N) is 2. The second-order valence-electron chi connectivity index (χ2n) is 6.11. The quantitative estimate of drug-likeness (QED) is 0.307. The molecular weight excluding hydrogens is 454 g/mol. The second kappa shape index (κ2) is 9.66. The van der Waals surface area contributed by atoms with Crippen molar-refractivity contribution in [2.45, 2.75) is 6.54 Å². The van der Waals surface area contributed by atoms with E-state index in [4.69, 9.17) is 4.42 Å². The van der Waals surface area contributed by atoms with Crippen molar-refractivity contribution in [2.24, 2.45) is 0 Å². The molecule has 0 saturated heterocycles. The number of nitro benzene ring substituents is 1. The Bertz CT molecular complexity index is 1110. The Morgan fingerprint density at radius 3 is 2.60 bits per heavy atom. The number of hydrogen-bond donors (Lipinski definition) is 2. The van der Waals surface area contributed by atoms with E-state index in [-0.39, 0.29) is 17.9 Å². The van der Waals surface area contributed by atoms with E-state index >= 15 is 0 Å². The fourth-order valence-electron chi connectivity index (χ4n) is 2.56. The summed E-state index contributed by atoms with van der Waals surface area (Å²) >= 11 is 3.30. The molecule has 1 aromatic heterocycles. The van der Waals surface area contributed by atoms with Gasteiger partial charge in [0.1, 0.15) is 11.5 Å². The molecule has 0 bridgehead atoms. The first kappa shape index (κ1) is 21.0. The fourth-order valence-corrected chi connectivity index (χ4v) is 3.03. The monoisotopic (exact) mass is 469 g/mol. The third kappa shape index (κ3) is 5.42. The molecule has 1 heterocycles. The average Bonchev–Trinajstić information content (AvgIpc) is 3.25. The number of halogens is 1. The van der Waals surface area contributed by atoms with E-state index in [2.05, 4.69) is 26.6 Å². The highest BCUT2D eigenvalue weighted by molar-refractivity contribution is 9.10. The van der Waals surface area contributed by atoms with Crippen LogP contribution < -0.4 is 10.6 Å². The molecule has 9 heteroatoms. The third-order valence-corrected chi connectivity index (χ3v) is 4.70. The zero-order valence-corrected chi connectivity index (χ0v) is 17.1. The number of rotatable bonds is 7. The minimum Gasteiger partial charge on any atom is -0.467 e. The number of amides is 2. The largest absolute Gasteiger partial charge is 0.467 e. The van der Waals surface area contributed by atoms with E-state index in [1.54, 1.807) is 42.5 Å². The van der Waals surface area contributed by atoms with Gasteiger partial charge in [-0.3, -0.25) is 19.7 Å². The Hall–Kier alpha value is -3.72. The van der Waals surface area contributed by atoms with Crippen LogP contribution in [0.15, 0.2) is 81.5 Å². The number of non-ortho nitro benzene ring substituents is 1. The van der Waals surface area contributed by atoms with Crippen LogP contribution in [0.4, 0.5) is 5.69 Å². The van der Waals surface area contributed by atoms with Crippen LogP contribution in [0.5, 0.6) is 0 Å². The van der Waals surface area contributed by atoms with Crippen molar-refractivity contribution in [2.75, 3.05) is 0 Å². The lowest BCUT2D eigenvalue weighted by atomic mass is 10.1. The lowest BCUT2D eigenvalue weighted by molar-refractivity contribution is -0.384. The molecule has 3 rings (SSSR count). The van der Waals surface area contributed by atoms with Crippen molar-refractivity contribution in [1.82, 2.24) is 10.6 Å². The maximum absolute atomic E-state index is 12.7. The van der Waals surface area contributed by atoms with Gasteiger partial charge >= 0.3 is 0 Å². The summed E-state index contributed by atoms with van der Waals surface area (Å²) in [6.07, 6.45) is 2.86. The number of nitrogens with zero attached hydrogens (tertiary/aromatic N) is 1. The maximum atomic E-state index is 12.7. The van der Waals surface area contributed by atoms with Crippen LogP contribution in [-0.2, 0) is 11.3 Å². The van der Waals surface area contributed by atoms with Crippen LogP contribution in [0.25, 0.3) is 6.08 Å². The Kier molecular flexibility index (Phi) is 6.76. The van der Waals surface area contributed by atoms with Crippen molar-refractivity contribution in [3.8, 4) is 0 Å². The number of benzene rings is 2. The van der Waals surface area contributed by atoms with Gasteiger partial charge in [-0.25, -0.2) is 0 Å². The Labute approximate surface area is 179 Å². The van der Waals surface area contributed by atoms with Gasteiger partial charge in [-0.2, -0.15) is 0 Å². The Morgan fingerprint density at radius 1 is 1.10 bits per heavy atom. The van der Waals surface area contributed by atoms with E-state index in [0.717, 1.165) is 0 Å². The van der Waals surface area contributed by atoms with Crippen LogP contribution in [0, 0.1) is 10.1 Å². The first-order chi connectivity index (χ1) is 14.4. The summed E-state index contributed by atoms with van der Waals surface area (Å²) in [5, 5.41) is 16.3. The van der Waals surface area contributed by atoms with Gasteiger partial charge in [-0.05, 0) is 51.8 Å². The van der Waals surface area contributed by atoms with Gasteiger partial charge in [0.25, 0.3) is 17.5 Å². The van der Waals surface area contributed by atoms with Crippen molar-refractivity contribution in [1.29, 1.82) is 0 Å². The summed E-state index contributed by atoms with van der Waals surface area (Å²) in [6.45, 7) is 0.114. The highest BCUT2D eigenvalue weighted by Gasteiger charge is 2.17. The summed E-state index contributed by atoms with van der Waals surface area (Å²) in [7, 11) is 0. The van der Waals surface area contributed by atoms with Gasteiger partial charge in [-0.15, -0.1) is 0 Å². The van der Waals surface area contributed by atoms with E-state index in [1.807, 2.05) is 0 Å². The van der Waals surface area contributed by atoms with Crippen LogP contribution in [0.3, 0.4) is 0 Å².